The molecule has 1 aromatic carbocycles. The first-order chi connectivity index (χ1) is 9.61. The number of rotatable bonds is 4. The van der Waals surface area contributed by atoms with Gasteiger partial charge in [0, 0.05) is 31.7 Å². The maximum atomic E-state index is 11.4. The zero-order valence-electron chi connectivity index (χ0n) is 12.3. The van der Waals surface area contributed by atoms with E-state index in [2.05, 4.69) is 43.0 Å². The maximum Gasteiger partial charge on any atom is 0.407 e. The Kier molecular flexibility index (Phi) is 5.01. The smallest absolute Gasteiger partial charge is 0.407 e. The van der Waals surface area contributed by atoms with Gasteiger partial charge >= 0.3 is 6.09 Å². The number of carbonyl (C=O) groups is 1. The van der Waals surface area contributed by atoms with E-state index >= 15 is 0 Å². The third-order valence-electron chi connectivity index (χ3n) is 4.07. The second kappa shape index (κ2) is 6.75. The van der Waals surface area contributed by atoms with Gasteiger partial charge in [0.2, 0.25) is 0 Å². The van der Waals surface area contributed by atoms with Crippen molar-refractivity contribution in [2.24, 2.45) is 0 Å². The Morgan fingerprint density at radius 3 is 2.60 bits per heavy atom. The second-order valence-electron chi connectivity index (χ2n) is 5.64. The average molecular weight is 276 g/mol. The van der Waals surface area contributed by atoms with Crippen molar-refractivity contribution in [1.29, 1.82) is 0 Å². The minimum absolute atomic E-state index is 0.123. The lowest BCUT2D eigenvalue weighted by atomic mass is 10.0. The summed E-state index contributed by atoms with van der Waals surface area (Å²) in [4.78, 5) is 15.4. The van der Waals surface area contributed by atoms with Gasteiger partial charge in [-0.05, 0) is 18.9 Å². The van der Waals surface area contributed by atoms with E-state index in [0.717, 1.165) is 25.9 Å². The predicted octanol–water partition coefficient (Wildman–Crippen LogP) is 3.04. The van der Waals surface area contributed by atoms with Crippen LogP contribution in [0.5, 0.6) is 0 Å². The highest BCUT2D eigenvalue weighted by atomic mass is 16.4. The Balaban J connectivity index is 2.05. The number of hydrogen-bond donors (Lipinski definition) is 1. The molecular weight excluding hydrogens is 252 g/mol. The molecule has 1 amide bonds. The number of benzene rings is 1. The monoisotopic (exact) mass is 276 g/mol. The van der Waals surface area contributed by atoms with Crippen molar-refractivity contribution in [3.63, 3.8) is 0 Å². The number of hydrogen-bond acceptors (Lipinski definition) is 2. The molecule has 0 radical (unpaired) electrons. The van der Waals surface area contributed by atoms with Gasteiger partial charge in [0.1, 0.15) is 0 Å². The summed E-state index contributed by atoms with van der Waals surface area (Å²) in [6, 6.07) is 10.8. The number of nitrogens with zero attached hydrogens (tertiary/aromatic N) is 2. The molecule has 1 heterocycles. The third-order valence-corrected chi connectivity index (χ3v) is 4.07. The van der Waals surface area contributed by atoms with Gasteiger partial charge in [-0.1, -0.05) is 43.7 Å². The molecule has 0 unspecified atom stereocenters. The van der Waals surface area contributed by atoms with E-state index in [1.165, 1.54) is 5.56 Å². The van der Waals surface area contributed by atoms with Gasteiger partial charge in [-0.25, -0.2) is 4.79 Å². The van der Waals surface area contributed by atoms with Gasteiger partial charge in [0.25, 0.3) is 0 Å². The molecule has 1 saturated heterocycles. The number of piperazine rings is 1. The van der Waals surface area contributed by atoms with Gasteiger partial charge in [-0.2, -0.15) is 0 Å². The molecule has 0 spiro atoms. The van der Waals surface area contributed by atoms with Crippen molar-refractivity contribution < 1.29 is 9.90 Å². The van der Waals surface area contributed by atoms with Crippen LogP contribution in [0.15, 0.2) is 30.3 Å². The van der Waals surface area contributed by atoms with E-state index in [9.17, 15) is 9.90 Å². The summed E-state index contributed by atoms with van der Waals surface area (Å²) >= 11 is 0. The van der Waals surface area contributed by atoms with Gasteiger partial charge in [0.05, 0.1) is 0 Å². The Morgan fingerprint density at radius 1 is 1.30 bits per heavy atom. The average Bonchev–Trinajstić information content (AvgIpc) is 2.43. The Hall–Kier alpha value is -1.55. The van der Waals surface area contributed by atoms with E-state index in [0.29, 0.717) is 6.54 Å². The van der Waals surface area contributed by atoms with Gasteiger partial charge in [0.15, 0.2) is 0 Å². The lowest BCUT2D eigenvalue weighted by molar-refractivity contribution is 0.0303. The molecule has 20 heavy (non-hydrogen) atoms. The summed E-state index contributed by atoms with van der Waals surface area (Å²) in [5.74, 6) is 0. The second-order valence-corrected chi connectivity index (χ2v) is 5.64. The van der Waals surface area contributed by atoms with Crippen molar-refractivity contribution in [1.82, 2.24) is 9.80 Å². The first kappa shape index (κ1) is 14.9. The van der Waals surface area contributed by atoms with Crippen LogP contribution in [0.4, 0.5) is 4.79 Å². The predicted molar refractivity (Wildman–Crippen MR) is 79.7 cm³/mol. The first-order valence-electron chi connectivity index (χ1n) is 7.39. The van der Waals surface area contributed by atoms with Crippen LogP contribution in [-0.2, 0) is 6.54 Å². The lowest BCUT2D eigenvalue weighted by Gasteiger charge is -2.44. The van der Waals surface area contributed by atoms with E-state index in [1.807, 2.05) is 6.07 Å². The van der Waals surface area contributed by atoms with E-state index < -0.39 is 6.09 Å². The van der Waals surface area contributed by atoms with Gasteiger partial charge < -0.3 is 10.0 Å². The fraction of sp³-hybridized carbons (Fsp3) is 0.562. The molecule has 1 aliphatic heterocycles. The molecule has 0 aliphatic carbocycles. The largest absolute Gasteiger partial charge is 0.465 e. The van der Waals surface area contributed by atoms with Crippen LogP contribution in [0, 0.1) is 0 Å². The highest BCUT2D eigenvalue weighted by Crippen LogP contribution is 2.21. The molecule has 2 rings (SSSR count). The van der Waals surface area contributed by atoms with Crippen LogP contribution in [0.3, 0.4) is 0 Å². The number of amides is 1. The molecule has 0 bridgehead atoms. The summed E-state index contributed by atoms with van der Waals surface area (Å²) in [5.41, 5.74) is 1.29. The van der Waals surface area contributed by atoms with Crippen LogP contribution < -0.4 is 0 Å². The maximum absolute atomic E-state index is 11.4. The fourth-order valence-corrected chi connectivity index (χ4v) is 2.95. The zero-order valence-corrected chi connectivity index (χ0v) is 12.3. The van der Waals surface area contributed by atoms with Crippen molar-refractivity contribution >= 4 is 6.09 Å². The van der Waals surface area contributed by atoms with E-state index in [4.69, 9.17) is 0 Å². The summed E-state index contributed by atoms with van der Waals surface area (Å²) in [6.45, 7) is 6.55. The molecule has 1 fully saturated rings. The molecule has 1 aromatic rings. The summed E-state index contributed by atoms with van der Waals surface area (Å²) < 4.78 is 0. The number of carboxylic acid groups (broad SMARTS) is 1. The van der Waals surface area contributed by atoms with Crippen molar-refractivity contribution in [2.45, 2.75) is 45.3 Å². The highest BCUT2D eigenvalue weighted by molar-refractivity contribution is 5.65. The molecule has 4 nitrogen and oxygen atoms in total. The Morgan fingerprint density at radius 2 is 2.00 bits per heavy atom. The topological polar surface area (TPSA) is 43.8 Å². The van der Waals surface area contributed by atoms with Crippen LogP contribution in [0.2, 0.25) is 0 Å². The van der Waals surface area contributed by atoms with Gasteiger partial charge in [-0.15, -0.1) is 0 Å². The minimum atomic E-state index is -0.783. The molecule has 0 aromatic heterocycles. The van der Waals surface area contributed by atoms with Crippen LogP contribution in [0.1, 0.15) is 32.3 Å². The molecule has 4 heteroatoms. The molecule has 0 saturated carbocycles. The Labute approximate surface area is 121 Å². The minimum Gasteiger partial charge on any atom is -0.465 e. The lowest BCUT2D eigenvalue weighted by Crippen LogP contribution is -2.58. The van der Waals surface area contributed by atoms with Crippen molar-refractivity contribution in [2.75, 3.05) is 13.1 Å². The van der Waals surface area contributed by atoms with Crippen molar-refractivity contribution in [3.8, 4) is 0 Å². The SMILES string of the molecule is CCC[C@@H]1CN(Cc2ccccc2)[C@@H](C)CN1C(=O)O. The van der Waals surface area contributed by atoms with Crippen LogP contribution in [0.25, 0.3) is 0 Å². The summed E-state index contributed by atoms with van der Waals surface area (Å²) in [6.07, 6.45) is 1.17. The van der Waals surface area contributed by atoms with Crippen LogP contribution in [-0.4, -0.2) is 46.2 Å². The first-order valence-corrected chi connectivity index (χ1v) is 7.39. The quantitative estimate of drug-likeness (QED) is 0.919. The van der Waals surface area contributed by atoms with Crippen molar-refractivity contribution in [3.05, 3.63) is 35.9 Å². The third kappa shape index (κ3) is 3.51. The highest BCUT2D eigenvalue weighted by Gasteiger charge is 2.33. The Bertz CT molecular complexity index is 435. The van der Waals surface area contributed by atoms with Crippen LogP contribution >= 0.6 is 0 Å². The van der Waals surface area contributed by atoms with E-state index in [-0.39, 0.29) is 12.1 Å². The summed E-state index contributed by atoms with van der Waals surface area (Å²) in [5, 5.41) is 9.34. The molecule has 2 atom stereocenters. The van der Waals surface area contributed by atoms with Gasteiger partial charge in [-0.3, -0.25) is 4.90 Å². The normalized spacial score (nSPS) is 23.8. The molecule has 110 valence electrons. The standard InChI is InChI=1S/C16H24N2O2/c1-3-7-15-12-17(11-14-8-5-4-6-9-14)13(2)10-18(15)16(19)20/h4-6,8-9,13,15H,3,7,10-12H2,1-2H3,(H,19,20)/t13-,15+/m0/s1. The molecule has 1 aliphatic rings. The van der Waals surface area contributed by atoms with E-state index in [1.54, 1.807) is 4.90 Å². The summed E-state index contributed by atoms with van der Waals surface area (Å²) in [7, 11) is 0. The molecular formula is C16H24N2O2. The fourth-order valence-electron chi connectivity index (χ4n) is 2.95. The molecule has 1 N–H and O–H groups in total. The zero-order chi connectivity index (χ0) is 14.5.